The average Bonchev–Trinajstić information content (AvgIpc) is 2.13. The molecule has 90 valence electrons. The Morgan fingerprint density at radius 1 is 1.50 bits per heavy atom. The quantitative estimate of drug-likeness (QED) is 0.517. The van der Waals surface area contributed by atoms with E-state index in [-0.39, 0.29) is 5.56 Å². The summed E-state index contributed by atoms with van der Waals surface area (Å²) in [6.07, 6.45) is -3.37. The Morgan fingerprint density at radius 3 is 2.19 bits per heavy atom. The molecular weight excluding hydrogens is 229 g/mol. The van der Waals surface area contributed by atoms with Crippen LogP contribution in [-0.2, 0) is 18.9 Å². The summed E-state index contributed by atoms with van der Waals surface area (Å²) < 4.78 is 34.8. The van der Waals surface area contributed by atoms with Gasteiger partial charge in [0, 0.05) is 12.1 Å². The van der Waals surface area contributed by atoms with E-state index in [0.717, 1.165) is 0 Å². The van der Waals surface area contributed by atoms with E-state index in [2.05, 4.69) is 0 Å². The van der Waals surface area contributed by atoms with Crippen LogP contribution in [0.15, 0.2) is 23.1 Å². The van der Waals surface area contributed by atoms with E-state index >= 15 is 0 Å². The number of carboxylic acids is 1. The highest BCUT2D eigenvalue weighted by atomic mass is 19.4. The van der Waals surface area contributed by atoms with Crippen LogP contribution in [0.2, 0.25) is 0 Å². The molecule has 0 aliphatic rings. The third-order valence-corrected chi connectivity index (χ3v) is 1.56. The Morgan fingerprint density at radius 2 is 1.94 bits per heavy atom. The standard InChI is InChI=1S/C6H9N2O.C2HF3O2/c1-7-5-3-4-6(9)8(7)2;3-2(4,5)1(6)7/h3-5H,1-2H3;(H,6,7)/q+1;/p-1. The van der Waals surface area contributed by atoms with Gasteiger partial charge >= 0.3 is 11.7 Å². The molecule has 0 radical (unpaired) electrons. The van der Waals surface area contributed by atoms with Crippen molar-refractivity contribution >= 4 is 5.97 Å². The van der Waals surface area contributed by atoms with E-state index in [9.17, 15) is 18.0 Å². The number of rotatable bonds is 0. The number of carboxylic acid groups (broad SMARTS) is 1. The molecule has 16 heavy (non-hydrogen) atoms. The van der Waals surface area contributed by atoms with Crippen molar-refractivity contribution in [3.63, 3.8) is 0 Å². The maximum absolute atomic E-state index is 10.8. The van der Waals surface area contributed by atoms with E-state index < -0.39 is 12.1 Å². The lowest BCUT2D eigenvalue weighted by molar-refractivity contribution is -0.757. The molecule has 0 atom stereocenters. The normalized spacial score (nSPS) is 10.3. The van der Waals surface area contributed by atoms with Crippen LogP contribution < -0.4 is 15.3 Å². The molecule has 0 bridgehead atoms. The predicted molar refractivity (Wildman–Crippen MR) is 43.9 cm³/mol. The Kier molecular flexibility index (Phi) is 4.67. The van der Waals surface area contributed by atoms with Crippen LogP contribution in [0.1, 0.15) is 0 Å². The zero-order valence-corrected chi connectivity index (χ0v) is 8.49. The highest BCUT2D eigenvalue weighted by Crippen LogP contribution is 2.11. The molecule has 8 heteroatoms. The van der Waals surface area contributed by atoms with Crippen molar-refractivity contribution in [1.82, 2.24) is 4.68 Å². The summed E-state index contributed by atoms with van der Waals surface area (Å²) in [5, 5.41) is 8.78. The molecule has 1 aromatic rings. The number of aryl methyl sites for hydroxylation is 1. The van der Waals surface area contributed by atoms with Crippen molar-refractivity contribution < 1.29 is 27.8 Å². The first-order valence-electron chi connectivity index (χ1n) is 3.96. The van der Waals surface area contributed by atoms with Crippen LogP contribution in [-0.4, -0.2) is 16.8 Å². The van der Waals surface area contributed by atoms with E-state index in [4.69, 9.17) is 9.90 Å². The Hall–Kier alpha value is -1.86. The van der Waals surface area contributed by atoms with Crippen molar-refractivity contribution in [2.45, 2.75) is 6.18 Å². The minimum Gasteiger partial charge on any atom is -0.542 e. The fourth-order valence-corrected chi connectivity index (χ4v) is 0.613. The maximum atomic E-state index is 10.8. The smallest absolute Gasteiger partial charge is 0.430 e. The van der Waals surface area contributed by atoms with Gasteiger partial charge in [-0.25, -0.2) is 0 Å². The first-order valence-corrected chi connectivity index (χ1v) is 3.96. The fraction of sp³-hybridized carbons (Fsp3) is 0.375. The zero-order chi connectivity index (χ0) is 12.9. The van der Waals surface area contributed by atoms with Gasteiger partial charge in [-0.3, -0.25) is 4.79 Å². The van der Waals surface area contributed by atoms with Gasteiger partial charge in [0.05, 0.1) is 7.05 Å². The number of carbonyl (C=O) groups excluding carboxylic acids is 1. The van der Waals surface area contributed by atoms with Crippen molar-refractivity contribution in [2.75, 3.05) is 0 Å². The molecule has 0 amide bonds. The zero-order valence-electron chi connectivity index (χ0n) is 8.49. The minimum atomic E-state index is -5.19. The summed E-state index contributed by atoms with van der Waals surface area (Å²) in [4.78, 5) is 19.6. The lowest BCUT2D eigenvalue weighted by Gasteiger charge is -2.03. The molecule has 5 nitrogen and oxygen atoms in total. The average molecular weight is 238 g/mol. The number of alkyl halides is 3. The molecule has 0 unspecified atom stereocenters. The van der Waals surface area contributed by atoms with E-state index in [1.165, 1.54) is 10.7 Å². The van der Waals surface area contributed by atoms with Crippen molar-refractivity contribution in [3.8, 4) is 0 Å². The number of nitrogens with zero attached hydrogens (tertiary/aromatic N) is 2. The molecule has 0 aromatic carbocycles. The first kappa shape index (κ1) is 14.1. The SMILES string of the molecule is Cn1c(=O)ccc[n+]1C.O=C([O-])C(F)(F)F. The molecule has 0 saturated heterocycles. The van der Waals surface area contributed by atoms with Gasteiger partial charge in [0.25, 0.3) is 0 Å². The van der Waals surface area contributed by atoms with Crippen LogP contribution in [0.3, 0.4) is 0 Å². The van der Waals surface area contributed by atoms with Crippen LogP contribution >= 0.6 is 0 Å². The largest absolute Gasteiger partial charge is 0.542 e. The predicted octanol–water partition coefficient (Wildman–Crippen LogP) is -1.49. The molecule has 1 rings (SSSR count). The third-order valence-electron chi connectivity index (χ3n) is 1.56. The number of aromatic nitrogens is 2. The molecule has 0 aliphatic heterocycles. The van der Waals surface area contributed by atoms with Gasteiger partial charge in [0.15, 0.2) is 13.2 Å². The summed E-state index contributed by atoms with van der Waals surface area (Å²) >= 11 is 0. The molecule has 0 saturated carbocycles. The maximum Gasteiger partial charge on any atom is 0.430 e. The number of carbonyl (C=O) groups is 1. The van der Waals surface area contributed by atoms with Crippen LogP contribution in [0.4, 0.5) is 13.2 Å². The van der Waals surface area contributed by atoms with Gasteiger partial charge in [-0.15, -0.1) is 9.36 Å². The van der Waals surface area contributed by atoms with E-state index in [1.807, 2.05) is 13.2 Å². The lowest BCUT2D eigenvalue weighted by atomic mass is 10.6. The van der Waals surface area contributed by atoms with Crippen LogP contribution in [0.5, 0.6) is 0 Å². The Bertz CT molecular complexity index is 425. The second kappa shape index (κ2) is 5.29. The van der Waals surface area contributed by atoms with Gasteiger partial charge < -0.3 is 9.90 Å². The number of hydrogen-bond acceptors (Lipinski definition) is 3. The van der Waals surface area contributed by atoms with Gasteiger partial charge in [-0.05, 0) is 0 Å². The van der Waals surface area contributed by atoms with E-state index in [0.29, 0.717) is 0 Å². The number of hydrogen-bond donors (Lipinski definition) is 0. The van der Waals surface area contributed by atoms with Gasteiger partial charge in [0.1, 0.15) is 5.97 Å². The molecule has 0 aliphatic carbocycles. The topological polar surface area (TPSA) is 66.0 Å². The van der Waals surface area contributed by atoms with Crippen molar-refractivity contribution in [1.29, 1.82) is 0 Å². The molecule has 0 fully saturated rings. The summed E-state index contributed by atoms with van der Waals surface area (Å²) in [6.45, 7) is 0. The molecule has 1 heterocycles. The van der Waals surface area contributed by atoms with Gasteiger partial charge in [-0.2, -0.15) is 13.2 Å². The highest BCUT2D eigenvalue weighted by molar-refractivity contribution is 5.70. The van der Waals surface area contributed by atoms with Crippen molar-refractivity contribution in [2.24, 2.45) is 14.1 Å². The summed E-state index contributed by atoms with van der Waals surface area (Å²) in [6, 6.07) is 3.25. The van der Waals surface area contributed by atoms with Crippen molar-refractivity contribution in [3.05, 3.63) is 28.7 Å². The monoisotopic (exact) mass is 238 g/mol. The summed E-state index contributed by atoms with van der Waals surface area (Å²) in [5.74, 6) is -3.01. The minimum absolute atomic E-state index is 0.0139. The van der Waals surface area contributed by atoms with E-state index in [1.54, 1.807) is 17.8 Å². The third kappa shape index (κ3) is 4.58. The summed E-state index contributed by atoms with van der Waals surface area (Å²) in [5.41, 5.74) is 0.0139. The Balaban J connectivity index is 0.000000293. The Labute approximate surface area is 88.3 Å². The lowest BCUT2D eigenvalue weighted by Crippen LogP contribution is -2.46. The molecule has 1 aromatic heterocycles. The summed E-state index contributed by atoms with van der Waals surface area (Å²) in [7, 11) is 3.55. The highest BCUT2D eigenvalue weighted by Gasteiger charge is 2.28. The van der Waals surface area contributed by atoms with Crippen LogP contribution in [0.25, 0.3) is 0 Å². The van der Waals surface area contributed by atoms with Gasteiger partial charge in [0.2, 0.25) is 0 Å². The van der Waals surface area contributed by atoms with Gasteiger partial charge in [-0.1, -0.05) is 0 Å². The molecular formula is C8H9F3N2O3. The van der Waals surface area contributed by atoms with Crippen LogP contribution in [0, 0.1) is 0 Å². The second-order valence-electron chi connectivity index (χ2n) is 2.73. The fourth-order valence-electron chi connectivity index (χ4n) is 0.613. The first-order chi connectivity index (χ1) is 7.16. The number of aliphatic carboxylic acids is 1. The number of halogens is 3. The molecule has 0 spiro atoms. The molecule has 0 N–H and O–H groups in total. The second-order valence-corrected chi connectivity index (χ2v) is 2.73.